The Bertz CT molecular complexity index is 767. The third-order valence-corrected chi connectivity index (χ3v) is 4.80. The summed E-state index contributed by atoms with van der Waals surface area (Å²) in [6.45, 7) is 8.18. The third kappa shape index (κ3) is 2.80. The highest BCUT2D eigenvalue weighted by Gasteiger charge is 2.17. The van der Waals surface area contributed by atoms with E-state index in [0.717, 1.165) is 60.9 Å². The zero-order valence-corrected chi connectivity index (χ0v) is 13.7. The maximum Gasteiger partial charge on any atom is 0.138 e. The fraction of sp³-hybridized carbons (Fsp3) is 0.278. The highest BCUT2D eigenvalue weighted by atomic mass is 35.5. The van der Waals surface area contributed by atoms with E-state index in [-0.39, 0.29) is 0 Å². The van der Waals surface area contributed by atoms with Crippen LogP contribution in [0.2, 0.25) is 0 Å². The Morgan fingerprint density at radius 1 is 1.13 bits per heavy atom. The van der Waals surface area contributed by atoms with E-state index in [1.54, 1.807) is 0 Å². The second-order valence-corrected chi connectivity index (χ2v) is 6.41. The Kier molecular flexibility index (Phi) is 3.71. The SMILES string of the molecule is C=C1Cc2[nH]c(-c3ccc(N4CCNCC4)cc3)nc2C=C1Cl. The average Bonchev–Trinajstić information content (AvgIpc) is 2.99. The first-order valence-corrected chi connectivity index (χ1v) is 8.29. The molecule has 23 heavy (non-hydrogen) atoms. The van der Waals surface area contributed by atoms with E-state index >= 15 is 0 Å². The molecular formula is C18H19ClN4. The number of imidazole rings is 1. The Morgan fingerprint density at radius 3 is 2.61 bits per heavy atom. The van der Waals surface area contributed by atoms with E-state index in [1.807, 2.05) is 6.08 Å². The van der Waals surface area contributed by atoms with Crippen LogP contribution in [0.15, 0.2) is 41.4 Å². The number of fused-ring (bicyclic) bond motifs is 1. The van der Waals surface area contributed by atoms with Crippen molar-refractivity contribution >= 4 is 23.4 Å². The van der Waals surface area contributed by atoms with Gasteiger partial charge in [-0.2, -0.15) is 0 Å². The van der Waals surface area contributed by atoms with Gasteiger partial charge < -0.3 is 15.2 Å². The summed E-state index contributed by atoms with van der Waals surface area (Å²) >= 11 is 6.15. The van der Waals surface area contributed by atoms with Crippen LogP contribution in [0, 0.1) is 0 Å². The second-order valence-electron chi connectivity index (χ2n) is 6.01. The quantitative estimate of drug-likeness (QED) is 0.891. The summed E-state index contributed by atoms with van der Waals surface area (Å²) < 4.78 is 0. The summed E-state index contributed by atoms with van der Waals surface area (Å²) in [6.07, 6.45) is 2.62. The molecule has 1 aliphatic carbocycles. The van der Waals surface area contributed by atoms with Gasteiger partial charge in [-0.15, -0.1) is 0 Å². The van der Waals surface area contributed by atoms with E-state index in [1.165, 1.54) is 5.69 Å². The minimum atomic E-state index is 0.699. The van der Waals surface area contributed by atoms with Crippen LogP contribution in [0.4, 0.5) is 5.69 Å². The zero-order chi connectivity index (χ0) is 15.8. The lowest BCUT2D eigenvalue weighted by molar-refractivity contribution is 0.589. The highest BCUT2D eigenvalue weighted by Crippen LogP contribution is 2.30. The summed E-state index contributed by atoms with van der Waals surface area (Å²) in [5.41, 5.74) is 5.30. The average molecular weight is 327 g/mol. The van der Waals surface area contributed by atoms with Crippen molar-refractivity contribution in [2.75, 3.05) is 31.1 Å². The minimum absolute atomic E-state index is 0.699. The number of rotatable bonds is 2. The predicted octanol–water partition coefficient (Wildman–Crippen LogP) is 3.18. The van der Waals surface area contributed by atoms with E-state index in [4.69, 9.17) is 11.6 Å². The molecule has 0 unspecified atom stereocenters. The molecule has 0 amide bonds. The van der Waals surface area contributed by atoms with Crippen molar-refractivity contribution in [2.45, 2.75) is 6.42 Å². The number of anilines is 1. The van der Waals surface area contributed by atoms with Gasteiger partial charge in [0, 0.05) is 54.6 Å². The molecular weight excluding hydrogens is 308 g/mol. The van der Waals surface area contributed by atoms with Crippen LogP contribution < -0.4 is 10.2 Å². The van der Waals surface area contributed by atoms with Gasteiger partial charge in [-0.05, 0) is 35.9 Å². The largest absolute Gasteiger partial charge is 0.369 e. The molecule has 0 spiro atoms. The molecule has 5 heteroatoms. The third-order valence-electron chi connectivity index (χ3n) is 4.42. The van der Waals surface area contributed by atoms with E-state index in [2.05, 4.69) is 51.0 Å². The van der Waals surface area contributed by atoms with Gasteiger partial charge in [0.25, 0.3) is 0 Å². The molecule has 1 aromatic carbocycles. The van der Waals surface area contributed by atoms with Crippen LogP contribution in [0.5, 0.6) is 0 Å². The molecule has 4 rings (SSSR count). The van der Waals surface area contributed by atoms with Gasteiger partial charge in [-0.25, -0.2) is 4.98 Å². The number of nitrogens with one attached hydrogen (secondary N) is 2. The molecule has 1 aromatic heterocycles. The number of nitrogens with zero attached hydrogens (tertiary/aromatic N) is 2. The number of hydrogen-bond acceptors (Lipinski definition) is 3. The molecule has 2 aromatic rings. The number of halogens is 1. The van der Waals surface area contributed by atoms with Crippen LogP contribution in [-0.4, -0.2) is 36.1 Å². The topological polar surface area (TPSA) is 44.0 Å². The fourth-order valence-corrected chi connectivity index (χ4v) is 3.26. The Balaban J connectivity index is 1.59. The Hall–Kier alpha value is -2.04. The number of hydrogen-bond donors (Lipinski definition) is 2. The van der Waals surface area contributed by atoms with Crippen molar-refractivity contribution in [3.63, 3.8) is 0 Å². The number of aromatic amines is 1. The highest BCUT2D eigenvalue weighted by molar-refractivity contribution is 6.34. The van der Waals surface area contributed by atoms with Crippen molar-refractivity contribution in [2.24, 2.45) is 0 Å². The van der Waals surface area contributed by atoms with E-state index in [0.29, 0.717) is 5.03 Å². The van der Waals surface area contributed by atoms with Crippen LogP contribution in [0.25, 0.3) is 17.5 Å². The first kappa shape index (κ1) is 14.5. The summed E-state index contributed by atoms with van der Waals surface area (Å²) in [4.78, 5) is 10.5. The van der Waals surface area contributed by atoms with Crippen molar-refractivity contribution in [3.05, 3.63) is 52.8 Å². The van der Waals surface area contributed by atoms with Crippen LogP contribution >= 0.6 is 11.6 Å². The molecule has 0 saturated carbocycles. The lowest BCUT2D eigenvalue weighted by Crippen LogP contribution is -2.43. The molecule has 1 aliphatic heterocycles. The van der Waals surface area contributed by atoms with Crippen molar-refractivity contribution in [3.8, 4) is 11.4 Å². The molecule has 0 radical (unpaired) electrons. The minimum Gasteiger partial charge on any atom is -0.369 e. The van der Waals surface area contributed by atoms with Crippen molar-refractivity contribution in [1.29, 1.82) is 0 Å². The van der Waals surface area contributed by atoms with Crippen molar-refractivity contribution < 1.29 is 0 Å². The maximum absolute atomic E-state index is 6.15. The van der Waals surface area contributed by atoms with Crippen LogP contribution in [0.3, 0.4) is 0 Å². The number of benzene rings is 1. The van der Waals surface area contributed by atoms with Crippen molar-refractivity contribution in [1.82, 2.24) is 15.3 Å². The summed E-state index contributed by atoms with van der Waals surface area (Å²) in [7, 11) is 0. The number of allylic oxidation sites excluding steroid dienone is 2. The Labute approximate surface area is 140 Å². The number of piperazine rings is 1. The van der Waals surface area contributed by atoms with E-state index in [9.17, 15) is 0 Å². The first-order valence-electron chi connectivity index (χ1n) is 7.91. The van der Waals surface area contributed by atoms with Crippen LogP contribution in [0.1, 0.15) is 11.4 Å². The van der Waals surface area contributed by atoms with Gasteiger partial charge in [0.05, 0.1) is 5.69 Å². The Morgan fingerprint density at radius 2 is 1.87 bits per heavy atom. The molecule has 2 aliphatic rings. The van der Waals surface area contributed by atoms with Gasteiger partial charge in [-0.1, -0.05) is 18.2 Å². The monoisotopic (exact) mass is 326 g/mol. The zero-order valence-electron chi connectivity index (χ0n) is 12.9. The molecule has 118 valence electrons. The predicted molar refractivity (Wildman–Crippen MR) is 95.8 cm³/mol. The molecule has 2 N–H and O–H groups in total. The standard InChI is InChI=1S/C18H19ClN4/c1-12-10-16-17(11-15(12)19)22-18(21-16)13-2-4-14(5-3-13)23-8-6-20-7-9-23/h2-5,11,20H,1,6-10H2,(H,21,22). The smallest absolute Gasteiger partial charge is 0.138 e. The lowest BCUT2D eigenvalue weighted by atomic mass is 10.0. The summed E-state index contributed by atoms with van der Waals surface area (Å²) in [5.74, 6) is 0.886. The normalized spacial score (nSPS) is 17.9. The molecule has 0 bridgehead atoms. The molecule has 1 fully saturated rings. The van der Waals surface area contributed by atoms with Gasteiger partial charge in [0.2, 0.25) is 0 Å². The lowest BCUT2D eigenvalue weighted by Gasteiger charge is -2.29. The van der Waals surface area contributed by atoms with Gasteiger partial charge >= 0.3 is 0 Å². The van der Waals surface area contributed by atoms with Gasteiger partial charge in [-0.3, -0.25) is 0 Å². The maximum atomic E-state index is 6.15. The molecule has 1 saturated heterocycles. The number of H-pyrrole nitrogens is 1. The van der Waals surface area contributed by atoms with E-state index < -0.39 is 0 Å². The first-order chi connectivity index (χ1) is 11.2. The summed E-state index contributed by atoms with van der Waals surface area (Å²) in [6, 6.07) is 8.59. The fourth-order valence-electron chi connectivity index (χ4n) is 3.09. The second kappa shape index (κ2) is 5.87. The molecule has 4 nitrogen and oxygen atoms in total. The molecule has 2 heterocycles. The van der Waals surface area contributed by atoms with Crippen LogP contribution in [-0.2, 0) is 6.42 Å². The van der Waals surface area contributed by atoms with Gasteiger partial charge in [0.15, 0.2) is 0 Å². The number of aromatic nitrogens is 2. The molecule has 0 atom stereocenters. The summed E-state index contributed by atoms with van der Waals surface area (Å²) in [5, 5.41) is 4.08. The van der Waals surface area contributed by atoms with Gasteiger partial charge in [0.1, 0.15) is 5.82 Å².